The summed E-state index contributed by atoms with van der Waals surface area (Å²) in [6.45, 7) is 2.69. The molecule has 0 N–H and O–H groups in total. The Morgan fingerprint density at radius 1 is 1.28 bits per heavy atom. The third-order valence-electron chi connectivity index (χ3n) is 4.98. The van der Waals surface area contributed by atoms with Crippen LogP contribution in [-0.4, -0.2) is 29.8 Å². The second-order valence-corrected chi connectivity index (χ2v) is 6.98. The largest absolute Gasteiger partial charge is 0.312 e. The first-order valence-electron chi connectivity index (χ1n) is 9.53. The van der Waals surface area contributed by atoms with Crippen molar-refractivity contribution >= 4 is 28.9 Å². The molecule has 152 valence electrons. The lowest BCUT2D eigenvalue weighted by Crippen LogP contribution is -2.38. The number of amides is 2. The molecule has 0 aromatic heterocycles. The molecule has 1 aliphatic heterocycles. The zero-order valence-corrected chi connectivity index (χ0v) is 16.1. The number of para-hydroxylation sites is 1. The molecule has 1 heterocycles. The Morgan fingerprint density at radius 2 is 2.00 bits per heavy atom. The van der Waals surface area contributed by atoms with Crippen LogP contribution in [0, 0.1) is 21.8 Å². The molecule has 0 spiro atoms. The monoisotopic (exact) mass is 399 g/mol. The fourth-order valence-corrected chi connectivity index (χ4v) is 3.44. The molecule has 0 saturated carbocycles. The summed E-state index contributed by atoms with van der Waals surface area (Å²) < 4.78 is 13.6. The molecule has 1 atom stereocenters. The second-order valence-electron chi connectivity index (χ2n) is 6.98. The third kappa shape index (κ3) is 4.42. The fourth-order valence-electron chi connectivity index (χ4n) is 3.44. The number of nitro benzene ring substituents is 1. The van der Waals surface area contributed by atoms with Crippen LogP contribution in [-0.2, 0) is 9.59 Å². The molecule has 0 aliphatic carbocycles. The molecule has 2 aromatic rings. The Balaban J connectivity index is 1.82. The quantitative estimate of drug-likeness (QED) is 0.522. The lowest BCUT2D eigenvalue weighted by atomic mass is 10.1. The van der Waals surface area contributed by atoms with E-state index in [0.717, 1.165) is 30.7 Å². The molecule has 0 bridgehead atoms. The predicted octanol–water partition coefficient (Wildman–Crippen LogP) is 3.92. The van der Waals surface area contributed by atoms with Crippen LogP contribution in [0.4, 0.5) is 21.5 Å². The van der Waals surface area contributed by atoms with E-state index in [1.54, 1.807) is 4.90 Å². The molecular formula is C21H22FN3O4. The van der Waals surface area contributed by atoms with E-state index < -0.39 is 22.3 Å². The van der Waals surface area contributed by atoms with E-state index in [4.69, 9.17) is 0 Å². The van der Waals surface area contributed by atoms with Gasteiger partial charge in [-0.05, 0) is 30.7 Å². The smallest absolute Gasteiger partial charge is 0.306 e. The van der Waals surface area contributed by atoms with Gasteiger partial charge in [0.2, 0.25) is 17.6 Å². The van der Waals surface area contributed by atoms with Crippen molar-refractivity contribution in [2.24, 2.45) is 5.92 Å². The van der Waals surface area contributed by atoms with Crippen molar-refractivity contribution < 1.29 is 18.9 Å². The minimum atomic E-state index is -0.965. The summed E-state index contributed by atoms with van der Waals surface area (Å²) in [6.07, 6.45) is 1.76. The van der Waals surface area contributed by atoms with Gasteiger partial charge in [0, 0.05) is 31.3 Å². The van der Waals surface area contributed by atoms with Gasteiger partial charge in [0.1, 0.15) is 0 Å². The molecule has 1 fully saturated rings. The molecule has 2 aromatic carbocycles. The normalized spacial score (nSPS) is 16.1. The van der Waals surface area contributed by atoms with Gasteiger partial charge in [-0.3, -0.25) is 19.7 Å². The number of nitrogens with zero attached hydrogens (tertiary/aromatic N) is 3. The highest BCUT2D eigenvalue weighted by atomic mass is 19.1. The Kier molecular flexibility index (Phi) is 6.21. The van der Waals surface area contributed by atoms with Crippen LogP contribution in [0.25, 0.3) is 0 Å². The zero-order chi connectivity index (χ0) is 21.0. The van der Waals surface area contributed by atoms with Crippen LogP contribution in [0.1, 0.15) is 26.2 Å². The summed E-state index contributed by atoms with van der Waals surface area (Å²) in [7, 11) is 0. The summed E-state index contributed by atoms with van der Waals surface area (Å²) >= 11 is 0. The van der Waals surface area contributed by atoms with Gasteiger partial charge in [-0.2, -0.15) is 4.39 Å². The van der Waals surface area contributed by atoms with E-state index in [0.29, 0.717) is 6.54 Å². The number of rotatable bonds is 7. The maximum absolute atomic E-state index is 13.6. The Labute approximate surface area is 167 Å². The van der Waals surface area contributed by atoms with Crippen LogP contribution >= 0.6 is 0 Å². The van der Waals surface area contributed by atoms with Crippen molar-refractivity contribution in [1.82, 2.24) is 0 Å². The highest BCUT2D eigenvalue weighted by Crippen LogP contribution is 2.31. The lowest BCUT2D eigenvalue weighted by molar-refractivity contribution is -0.387. The van der Waals surface area contributed by atoms with Crippen molar-refractivity contribution in [2.45, 2.75) is 26.2 Å². The molecule has 1 saturated heterocycles. The first-order chi connectivity index (χ1) is 13.9. The third-order valence-corrected chi connectivity index (χ3v) is 4.98. The Morgan fingerprint density at radius 3 is 2.66 bits per heavy atom. The van der Waals surface area contributed by atoms with Gasteiger partial charge >= 0.3 is 5.69 Å². The zero-order valence-electron chi connectivity index (χ0n) is 16.1. The van der Waals surface area contributed by atoms with Gasteiger partial charge in [0.25, 0.3) is 0 Å². The van der Waals surface area contributed by atoms with E-state index in [1.807, 2.05) is 37.3 Å². The molecule has 2 amide bonds. The van der Waals surface area contributed by atoms with Crippen molar-refractivity contribution in [3.63, 3.8) is 0 Å². The lowest BCUT2D eigenvalue weighted by Gasteiger charge is -2.25. The summed E-state index contributed by atoms with van der Waals surface area (Å²) in [4.78, 5) is 38.9. The minimum absolute atomic E-state index is 0.0134. The summed E-state index contributed by atoms with van der Waals surface area (Å²) in [5, 5.41) is 11.0. The average molecular weight is 399 g/mol. The molecule has 3 rings (SSSR count). The number of carbonyl (C=O) groups excluding carboxylic acids is 2. The SMILES string of the molecule is CCCCN(C(=O)C1CC(=O)N(c2ccc(F)c([N+](=O)[O-])c2)C1)c1ccccc1. The van der Waals surface area contributed by atoms with Crippen LogP contribution in [0.2, 0.25) is 0 Å². The van der Waals surface area contributed by atoms with Crippen LogP contribution in [0.5, 0.6) is 0 Å². The van der Waals surface area contributed by atoms with Crippen LogP contribution in [0.3, 0.4) is 0 Å². The van der Waals surface area contributed by atoms with Gasteiger partial charge in [-0.15, -0.1) is 0 Å². The first-order valence-corrected chi connectivity index (χ1v) is 9.53. The molecule has 8 heteroatoms. The van der Waals surface area contributed by atoms with Gasteiger partial charge in [-0.1, -0.05) is 31.5 Å². The van der Waals surface area contributed by atoms with Crippen molar-refractivity contribution in [1.29, 1.82) is 0 Å². The van der Waals surface area contributed by atoms with E-state index >= 15 is 0 Å². The average Bonchev–Trinajstić information content (AvgIpc) is 3.11. The molecule has 1 unspecified atom stereocenters. The second kappa shape index (κ2) is 8.81. The number of anilines is 2. The number of unbranched alkanes of at least 4 members (excludes halogenated alkanes) is 1. The number of carbonyl (C=O) groups is 2. The minimum Gasteiger partial charge on any atom is -0.312 e. The topological polar surface area (TPSA) is 83.8 Å². The number of nitro groups is 1. The van der Waals surface area contributed by atoms with Crippen molar-refractivity contribution in [3.05, 3.63) is 64.5 Å². The maximum atomic E-state index is 13.6. The van der Waals surface area contributed by atoms with Crippen molar-refractivity contribution in [3.8, 4) is 0 Å². The summed E-state index contributed by atoms with van der Waals surface area (Å²) in [5.74, 6) is -2.00. The molecule has 0 radical (unpaired) electrons. The Hall–Kier alpha value is -3.29. The van der Waals surface area contributed by atoms with E-state index in [9.17, 15) is 24.1 Å². The van der Waals surface area contributed by atoms with Gasteiger partial charge in [0.05, 0.1) is 16.5 Å². The highest BCUT2D eigenvalue weighted by molar-refractivity contribution is 6.04. The maximum Gasteiger partial charge on any atom is 0.306 e. The van der Waals surface area contributed by atoms with E-state index in [2.05, 4.69) is 0 Å². The molecule has 1 aliphatic rings. The van der Waals surface area contributed by atoms with E-state index in [1.165, 1.54) is 11.0 Å². The first kappa shape index (κ1) is 20.4. The Bertz CT molecular complexity index is 919. The molecular weight excluding hydrogens is 377 g/mol. The summed E-state index contributed by atoms with van der Waals surface area (Å²) in [5.41, 5.74) is 0.298. The standard InChI is InChI=1S/C21H22FN3O4/c1-2-3-11-23(16-7-5-4-6-8-16)21(27)15-12-20(26)24(14-15)17-9-10-18(22)19(13-17)25(28)29/h4-10,13,15H,2-3,11-12,14H2,1H3. The van der Waals surface area contributed by atoms with Crippen molar-refractivity contribution in [2.75, 3.05) is 22.9 Å². The molecule has 29 heavy (non-hydrogen) atoms. The molecule has 7 nitrogen and oxygen atoms in total. The highest BCUT2D eigenvalue weighted by Gasteiger charge is 2.38. The predicted molar refractivity (Wildman–Crippen MR) is 107 cm³/mol. The number of halogens is 1. The van der Waals surface area contributed by atoms with E-state index in [-0.39, 0.29) is 30.5 Å². The van der Waals surface area contributed by atoms with Crippen LogP contribution < -0.4 is 9.80 Å². The van der Waals surface area contributed by atoms with Crippen LogP contribution in [0.15, 0.2) is 48.5 Å². The number of hydrogen-bond acceptors (Lipinski definition) is 4. The summed E-state index contributed by atoms with van der Waals surface area (Å²) in [6, 6.07) is 12.6. The number of benzene rings is 2. The number of hydrogen-bond donors (Lipinski definition) is 0. The van der Waals surface area contributed by atoms with Gasteiger partial charge in [0.15, 0.2) is 0 Å². The fraction of sp³-hybridized carbons (Fsp3) is 0.333. The van der Waals surface area contributed by atoms with Gasteiger partial charge < -0.3 is 9.80 Å². The van der Waals surface area contributed by atoms with Gasteiger partial charge in [-0.25, -0.2) is 0 Å².